The highest BCUT2D eigenvalue weighted by molar-refractivity contribution is 5.85. The van der Waals surface area contributed by atoms with Gasteiger partial charge < -0.3 is 15.4 Å². The number of ether oxygens (including phenoxy) is 1. The monoisotopic (exact) mass is 254 g/mol. The molecule has 18 heavy (non-hydrogen) atoms. The van der Waals surface area contributed by atoms with E-state index in [1.807, 2.05) is 0 Å². The highest BCUT2D eigenvalue weighted by Gasteiger charge is 2.40. The first kappa shape index (κ1) is 13.8. The molecule has 1 aliphatic heterocycles. The molecule has 1 aliphatic carbocycles. The topological polar surface area (TPSA) is 50.4 Å². The van der Waals surface area contributed by atoms with Crippen LogP contribution in [0.15, 0.2) is 0 Å². The molecule has 0 bridgehead atoms. The zero-order valence-electron chi connectivity index (χ0n) is 11.5. The lowest BCUT2D eigenvalue weighted by Crippen LogP contribution is -2.56. The van der Waals surface area contributed by atoms with E-state index in [9.17, 15) is 4.79 Å². The van der Waals surface area contributed by atoms with Crippen LogP contribution in [-0.4, -0.2) is 37.7 Å². The molecule has 0 radical (unpaired) electrons. The van der Waals surface area contributed by atoms with Crippen LogP contribution in [0.4, 0.5) is 0 Å². The second-order valence-electron chi connectivity index (χ2n) is 5.61. The van der Waals surface area contributed by atoms with Crippen LogP contribution in [0.2, 0.25) is 0 Å². The fourth-order valence-electron chi connectivity index (χ4n) is 3.10. The van der Waals surface area contributed by atoms with Crippen molar-refractivity contribution in [2.75, 3.05) is 20.2 Å². The number of carbonyl (C=O) groups excluding carboxylic acids is 1. The maximum absolute atomic E-state index is 12.5. The summed E-state index contributed by atoms with van der Waals surface area (Å²) in [6, 6.07) is 0.363. The summed E-state index contributed by atoms with van der Waals surface area (Å²) < 4.78 is 5.56. The molecule has 0 aromatic carbocycles. The Bertz CT molecular complexity index is 267. The van der Waals surface area contributed by atoms with Gasteiger partial charge in [-0.2, -0.15) is 0 Å². The van der Waals surface area contributed by atoms with Crippen LogP contribution in [0.25, 0.3) is 0 Å². The van der Waals surface area contributed by atoms with Crippen LogP contribution < -0.4 is 10.6 Å². The normalized spacial score (nSPS) is 25.4. The zero-order valence-corrected chi connectivity index (χ0v) is 11.5. The lowest BCUT2D eigenvalue weighted by molar-refractivity contribution is -0.147. The lowest BCUT2D eigenvalue weighted by Gasteiger charge is -2.36. The van der Waals surface area contributed by atoms with E-state index in [2.05, 4.69) is 10.6 Å². The van der Waals surface area contributed by atoms with E-state index < -0.39 is 5.60 Å². The molecule has 1 saturated carbocycles. The number of piperidine rings is 1. The first-order chi connectivity index (χ1) is 8.77. The number of hydrogen-bond donors (Lipinski definition) is 2. The maximum atomic E-state index is 12.5. The molecule has 1 saturated heterocycles. The van der Waals surface area contributed by atoms with Crippen LogP contribution in [0.3, 0.4) is 0 Å². The SMILES string of the molecule is COC1(C(=O)NC2CCCCCC2)CCNCC1. The highest BCUT2D eigenvalue weighted by Crippen LogP contribution is 2.24. The molecule has 0 aromatic heterocycles. The van der Waals surface area contributed by atoms with Gasteiger partial charge in [-0.25, -0.2) is 0 Å². The molecule has 0 spiro atoms. The van der Waals surface area contributed by atoms with Gasteiger partial charge in [0.15, 0.2) is 0 Å². The summed E-state index contributed by atoms with van der Waals surface area (Å²) >= 11 is 0. The smallest absolute Gasteiger partial charge is 0.252 e. The van der Waals surface area contributed by atoms with E-state index in [0.717, 1.165) is 38.8 Å². The lowest BCUT2D eigenvalue weighted by atomic mass is 9.90. The van der Waals surface area contributed by atoms with Gasteiger partial charge in [-0.15, -0.1) is 0 Å². The molecule has 0 unspecified atom stereocenters. The first-order valence-corrected chi connectivity index (χ1v) is 7.34. The van der Waals surface area contributed by atoms with Gasteiger partial charge in [0.1, 0.15) is 5.60 Å². The molecule has 104 valence electrons. The second kappa shape index (κ2) is 6.53. The van der Waals surface area contributed by atoms with Crippen LogP contribution in [0.5, 0.6) is 0 Å². The highest BCUT2D eigenvalue weighted by atomic mass is 16.5. The van der Waals surface area contributed by atoms with Crippen LogP contribution in [-0.2, 0) is 9.53 Å². The largest absolute Gasteiger partial charge is 0.368 e. The van der Waals surface area contributed by atoms with E-state index in [-0.39, 0.29) is 5.91 Å². The third-order valence-corrected chi connectivity index (χ3v) is 4.41. The van der Waals surface area contributed by atoms with Crippen molar-refractivity contribution in [1.82, 2.24) is 10.6 Å². The fraction of sp³-hybridized carbons (Fsp3) is 0.929. The predicted octanol–water partition coefficient (Wildman–Crippen LogP) is 1.59. The Morgan fingerprint density at radius 2 is 1.78 bits per heavy atom. The molecule has 2 rings (SSSR count). The standard InChI is InChI=1S/C14H26N2O2/c1-18-14(8-10-15-11-9-14)13(17)16-12-6-4-2-3-5-7-12/h12,15H,2-11H2,1H3,(H,16,17). The summed E-state index contributed by atoms with van der Waals surface area (Å²) in [5, 5.41) is 6.51. The van der Waals surface area contributed by atoms with Crippen molar-refractivity contribution in [2.24, 2.45) is 0 Å². The van der Waals surface area contributed by atoms with Crippen molar-refractivity contribution < 1.29 is 9.53 Å². The predicted molar refractivity (Wildman–Crippen MR) is 71.5 cm³/mol. The summed E-state index contributed by atoms with van der Waals surface area (Å²) in [5.41, 5.74) is -0.586. The van der Waals surface area contributed by atoms with Gasteiger partial charge >= 0.3 is 0 Å². The summed E-state index contributed by atoms with van der Waals surface area (Å²) in [5.74, 6) is 0.110. The number of methoxy groups -OCH3 is 1. The van der Waals surface area contributed by atoms with E-state index in [0.29, 0.717) is 6.04 Å². The van der Waals surface area contributed by atoms with Gasteiger partial charge in [-0.1, -0.05) is 25.7 Å². The number of amides is 1. The Balaban J connectivity index is 1.91. The Labute approximate surface area is 110 Å². The molecular formula is C14H26N2O2. The molecule has 4 nitrogen and oxygen atoms in total. The Morgan fingerprint density at radius 1 is 1.17 bits per heavy atom. The molecule has 0 aromatic rings. The Hall–Kier alpha value is -0.610. The molecule has 1 amide bonds. The number of carbonyl (C=O) groups is 1. The first-order valence-electron chi connectivity index (χ1n) is 7.34. The zero-order chi connectivity index (χ0) is 12.8. The van der Waals surface area contributed by atoms with Gasteiger partial charge in [0.05, 0.1) is 0 Å². The summed E-state index contributed by atoms with van der Waals surface area (Å²) in [6.45, 7) is 1.73. The molecule has 2 fully saturated rings. The molecule has 0 atom stereocenters. The average molecular weight is 254 g/mol. The van der Waals surface area contributed by atoms with Crippen molar-refractivity contribution in [3.05, 3.63) is 0 Å². The van der Waals surface area contributed by atoms with Crippen molar-refractivity contribution in [3.63, 3.8) is 0 Å². The summed E-state index contributed by atoms with van der Waals surface area (Å²) in [4.78, 5) is 12.5. The van der Waals surface area contributed by atoms with Gasteiger partial charge in [-0.3, -0.25) is 4.79 Å². The Morgan fingerprint density at radius 3 is 2.33 bits per heavy atom. The summed E-state index contributed by atoms with van der Waals surface area (Å²) in [7, 11) is 1.66. The minimum atomic E-state index is -0.586. The molecule has 1 heterocycles. The van der Waals surface area contributed by atoms with Crippen LogP contribution >= 0.6 is 0 Å². The van der Waals surface area contributed by atoms with E-state index in [1.54, 1.807) is 7.11 Å². The minimum absolute atomic E-state index is 0.110. The molecule has 2 N–H and O–H groups in total. The quantitative estimate of drug-likeness (QED) is 0.752. The van der Waals surface area contributed by atoms with Crippen LogP contribution in [0.1, 0.15) is 51.4 Å². The third kappa shape index (κ3) is 3.23. The molecule has 2 aliphatic rings. The summed E-state index contributed by atoms with van der Waals surface area (Å²) in [6.07, 6.45) is 8.92. The minimum Gasteiger partial charge on any atom is -0.368 e. The van der Waals surface area contributed by atoms with Gasteiger partial charge in [0.25, 0.3) is 5.91 Å². The molecule has 4 heteroatoms. The van der Waals surface area contributed by atoms with Crippen molar-refractivity contribution in [2.45, 2.75) is 63.0 Å². The van der Waals surface area contributed by atoms with Gasteiger partial charge in [0, 0.05) is 13.2 Å². The van der Waals surface area contributed by atoms with E-state index in [1.165, 1.54) is 25.7 Å². The number of nitrogens with one attached hydrogen (secondary N) is 2. The third-order valence-electron chi connectivity index (χ3n) is 4.41. The van der Waals surface area contributed by atoms with Gasteiger partial charge in [-0.05, 0) is 38.8 Å². The fourth-order valence-corrected chi connectivity index (χ4v) is 3.10. The maximum Gasteiger partial charge on any atom is 0.252 e. The number of rotatable bonds is 3. The van der Waals surface area contributed by atoms with Crippen molar-refractivity contribution >= 4 is 5.91 Å². The van der Waals surface area contributed by atoms with E-state index >= 15 is 0 Å². The van der Waals surface area contributed by atoms with Crippen molar-refractivity contribution in [3.8, 4) is 0 Å². The number of hydrogen-bond acceptors (Lipinski definition) is 3. The van der Waals surface area contributed by atoms with Gasteiger partial charge in [0.2, 0.25) is 0 Å². The van der Waals surface area contributed by atoms with E-state index in [4.69, 9.17) is 4.74 Å². The van der Waals surface area contributed by atoms with Crippen molar-refractivity contribution in [1.29, 1.82) is 0 Å². The van der Waals surface area contributed by atoms with Crippen LogP contribution in [0, 0.1) is 0 Å². The average Bonchev–Trinajstić information content (AvgIpc) is 2.68. The molecular weight excluding hydrogens is 228 g/mol. The second-order valence-corrected chi connectivity index (χ2v) is 5.61. The Kier molecular flexibility index (Phi) is 5.01.